The molecule has 0 spiro atoms. The average Bonchev–Trinajstić information content (AvgIpc) is 3.04. The maximum atomic E-state index is 12.0. The number of amides is 1. The molecule has 0 aliphatic heterocycles. The van der Waals surface area contributed by atoms with Gasteiger partial charge in [0.15, 0.2) is 0 Å². The van der Waals surface area contributed by atoms with Crippen LogP contribution in [0.5, 0.6) is 0 Å². The molecular weight excluding hydrogens is 234 g/mol. The number of rotatable bonds is 6. The maximum absolute atomic E-state index is 12.0. The van der Waals surface area contributed by atoms with E-state index >= 15 is 0 Å². The van der Waals surface area contributed by atoms with E-state index in [1.54, 1.807) is 13.2 Å². The van der Waals surface area contributed by atoms with Gasteiger partial charge < -0.3 is 14.6 Å². The van der Waals surface area contributed by atoms with Crippen LogP contribution in [0.1, 0.15) is 16.3 Å². The molecule has 2 heterocycles. The molecule has 18 heavy (non-hydrogen) atoms. The van der Waals surface area contributed by atoms with E-state index in [4.69, 9.17) is 4.74 Å². The third-order valence-electron chi connectivity index (χ3n) is 2.48. The van der Waals surface area contributed by atoms with Gasteiger partial charge in [0.1, 0.15) is 17.8 Å². The summed E-state index contributed by atoms with van der Waals surface area (Å²) in [6, 6.07) is 3.60. The molecule has 2 aromatic rings. The normalized spacial score (nSPS) is 10.5. The van der Waals surface area contributed by atoms with Crippen LogP contribution in [0.2, 0.25) is 0 Å². The quantitative estimate of drug-likeness (QED) is 0.765. The molecule has 0 aliphatic rings. The van der Waals surface area contributed by atoms with Crippen molar-refractivity contribution in [3.8, 4) is 0 Å². The number of H-pyrrole nitrogens is 1. The largest absolute Gasteiger partial charge is 0.383 e. The fraction of sp³-hybridized carbons (Fsp3) is 0.364. The molecule has 2 aromatic heterocycles. The first-order chi connectivity index (χ1) is 8.81. The van der Waals surface area contributed by atoms with Crippen molar-refractivity contribution in [1.82, 2.24) is 25.1 Å². The van der Waals surface area contributed by atoms with Crippen molar-refractivity contribution >= 4 is 5.91 Å². The van der Waals surface area contributed by atoms with Crippen molar-refractivity contribution in [2.45, 2.75) is 13.1 Å². The Hall–Kier alpha value is -2.15. The lowest BCUT2D eigenvalue weighted by Crippen LogP contribution is -2.26. The third-order valence-corrected chi connectivity index (χ3v) is 2.48. The molecule has 96 valence electrons. The second-order valence-electron chi connectivity index (χ2n) is 3.69. The number of aromatic nitrogens is 4. The highest BCUT2D eigenvalue weighted by molar-refractivity contribution is 5.92. The van der Waals surface area contributed by atoms with E-state index < -0.39 is 0 Å². The average molecular weight is 249 g/mol. The number of hydrogen-bond donors (Lipinski definition) is 2. The first kappa shape index (κ1) is 12.3. The maximum Gasteiger partial charge on any atom is 0.268 e. The van der Waals surface area contributed by atoms with E-state index in [-0.39, 0.29) is 5.91 Å². The Labute approximate surface area is 104 Å². The summed E-state index contributed by atoms with van der Waals surface area (Å²) in [5.41, 5.74) is 0.603. The van der Waals surface area contributed by atoms with Crippen LogP contribution in [0.4, 0.5) is 0 Å². The summed E-state index contributed by atoms with van der Waals surface area (Å²) in [6.07, 6.45) is 3.26. The van der Waals surface area contributed by atoms with Gasteiger partial charge in [0.2, 0.25) is 0 Å². The van der Waals surface area contributed by atoms with Crippen LogP contribution in [0.25, 0.3) is 0 Å². The molecule has 0 bridgehead atoms. The zero-order valence-corrected chi connectivity index (χ0v) is 10.1. The second kappa shape index (κ2) is 5.97. The first-order valence-electron chi connectivity index (χ1n) is 5.58. The zero-order valence-electron chi connectivity index (χ0n) is 10.1. The molecule has 0 fully saturated rings. The number of carbonyl (C=O) groups is 1. The summed E-state index contributed by atoms with van der Waals surface area (Å²) in [4.78, 5) is 15.9. The third kappa shape index (κ3) is 2.95. The van der Waals surface area contributed by atoms with Crippen molar-refractivity contribution in [1.29, 1.82) is 0 Å². The van der Waals surface area contributed by atoms with E-state index in [1.807, 2.05) is 16.8 Å². The van der Waals surface area contributed by atoms with Gasteiger partial charge in [-0.1, -0.05) is 0 Å². The topological polar surface area (TPSA) is 84.8 Å². The highest BCUT2D eigenvalue weighted by atomic mass is 16.5. The van der Waals surface area contributed by atoms with Crippen molar-refractivity contribution in [2.75, 3.05) is 13.7 Å². The van der Waals surface area contributed by atoms with Gasteiger partial charge >= 0.3 is 0 Å². The number of methoxy groups -OCH3 is 1. The Balaban J connectivity index is 1.94. The predicted molar refractivity (Wildman–Crippen MR) is 63.9 cm³/mol. The van der Waals surface area contributed by atoms with Gasteiger partial charge in [-0.15, -0.1) is 0 Å². The number of aromatic amines is 1. The van der Waals surface area contributed by atoms with Gasteiger partial charge in [-0.3, -0.25) is 9.89 Å². The number of carbonyl (C=O) groups excluding carboxylic acids is 1. The molecule has 7 heteroatoms. The SMILES string of the molecule is COCCn1cccc1C(=O)NCc1ncn[nH]1. The highest BCUT2D eigenvalue weighted by Gasteiger charge is 2.10. The van der Waals surface area contributed by atoms with Gasteiger partial charge in [-0.2, -0.15) is 5.10 Å². The van der Waals surface area contributed by atoms with Crippen molar-refractivity contribution < 1.29 is 9.53 Å². The summed E-state index contributed by atoms with van der Waals surface area (Å²) in [5, 5.41) is 9.17. The van der Waals surface area contributed by atoms with Crippen LogP contribution in [0.3, 0.4) is 0 Å². The molecule has 0 unspecified atom stereocenters. The number of nitrogens with one attached hydrogen (secondary N) is 2. The molecule has 2 N–H and O–H groups in total. The predicted octanol–water partition coefficient (Wildman–Crippen LogP) is 0.183. The molecule has 0 radical (unpaired) electrons. The van der Waals surface area contributed by atoms with Gasteiger partial charge in [-0.05, 0) is 12.1 Å². The Morgan fingerprint density at radius 2 is 2.50 bits per heavy atom. The standard InChI is InChI=1S/C11H15N5O2/c1-18-6-5-16-4-2-3-9(16)11(17)12-7-10-13-8-14-15-10/h2-4,8H,5-7H2,1H3,(H,12,17)(H,13,14,15). The summed E-state index contributed by atoms with van der Waals surface area (Å²) in [5.74, 6) is 0.478. The van der Waals surface area contributed by atoms with Crippen molar-refractivity contribution in [3.05, 3.63) is 36.2 Å². The van der Waals surface area contributed by atoms with E-state index in [9.17, 15) is 4.79 Å². The fourth-order valence-electron chi connectivity index (χ4n) is 1.58. The molecule has 0 aliphatic carbocycles. The molecule has 7 nitrogen and oxygen atoms in total. The van der Waals surface area contributed by atoms with Crippen LogP contribution in [0.15, 0.2) is 24.7 Å². The van der Waals surface area contributed by atoms with Crippen molar-refractivity contribution in [3.63, 3.8) is 0 Å². The second-order valence-corrected chi connectivity index (χ2v) is 3.69. The lowest BCUT2D eigenvalue weighted by molar-refractivity contribution is 0.0938. The van der Waals surface area contributed by atoms with E-state index in [0.29, 0.717) is 31.2 Å². The van der Waals surface area contributed by atoms with Gasteiger partial charge in [0, 0.05) is 19.9 Å². The molecule has 0 aromatic carbocycles. The van der Waals surface area contributed by atoms with Gasteiger partial charge in [0.05, 0.1) is 13.2 Å². The van der Waals surface area contributed by atoms with E-state index in [0.717, 1.165) is 0 Å². The summed E-state index contributed by atoms with van der Waals surface area (Å²) < 4.78 is 6.84. The molecule has 0 atom stereocenters. The molecule has 1 amide bonds. The monoisotopic (exact) mass is 249 g/mol. The summed E-state index contributed by atoms with van der Waals surface area (Å²) in [7, 11) is 1.63. The zero-order chi connectivity index (χ0) is 12.8. The van der Waals surface area contributed by atoms with Crippen LogP contribution in [-0.4, -0.2) is 39.4 Å². The van der Waals surface area contributed by atoms with Crippen LogP contribution < -0.4 is 5.32 Å². The van der Waals surface area contributed by atoms with Crippen LogP contribution >= 0.6 is 0 Å². The van der Waals surface area contributed by atoms with Gasteiger partial charge in [-0.25, -0.2) is 4.98 Å². The molecular formula is C11H15N5O2. The minimum Gasteiger partial charge on any atom is -0.383 e. The number of nitrogens with zero attached hydrogens (tertiary/aromatic N) is 3. The highest BCUT2D eigenvalue weighted by Crippen LogP contribution is 2.02. The summed E-state index contributed by atoms with van der Waals surface area (Å²) in [6.45, 7) is 1.54. The first-order valence-corrected chi connectivity index (χ1v) is 5.58. The fourth-order valence-corrected chi connectivity index (χ4v) is 1.58. The molecule has 0 saturated carbocycles. The van der Waals surface area contributed by atoms with Crippen LogP contribution in [-0.2, 0) is 17.8 Å². The molecule has 2 rings (SSSR count). The smallest absolute Gasteiger partial charge is 0.268 e. The summed E-state index contributed by atoms with van der Waals surface area (Å²) >= 11 is 0. The Morgan fingerprint density at radius 1 is 1.61 bits per heavy atom. The minimum atomic E-state index is -0.146. The van der Waals surface area contributed by atoms with E-state index in [2.05, 4.69) is 20.5 Å². The van der Waals surface area contributed by atoms with E-state index in [1.165, 1.54) is 6.33 Å². The Morgan fingerprint density at radius 3 is 3.22 bits per heavy atom. The lowest BCUT2D eigenvalue weighted by Gasteiger charge is -2.08. The van der Waals surface area contributed by atoms with Gasteiger partial charge in [0.25, 0.3) is 5.91 Å². The van der Waals surface area contributed by atoms with Crippen LogP contribution in [0, 0.1) is 0 Å². The Bertz CT molecular complexity index is 491. The van der Waals surface area contributed by atoms with Crippen molar-refractivity contribution in [2.24, 2.45) is 0 Å². The number of hydrogen-bond acceptors (Lipinski definition) is 4. The minimum absolute atomic E-state index is 0.146. The Kier molecular flexibility index (Phi) is 4.08. The molecule has 0 saturated heterocycles. The number of ether oxygens (including phenoxy) is 1. The lowest BCUT2D eigenvalue weighted by atomic mass is 10.4.